The van der Waals surface area contributed by atoms with E-state index in [1.54, 1.807) is 11.9 Å². The number of nitrogens with zero attached hydrogens (tertiary/aromatic N) is 5. The van der Waals surface area contributed by atoms with E-state index < -0.39 is 0 Å². The molecule has 2 aromatic heterocycles. The number of benzene rings is 1. The summed E-state index contributed by atoms with van der Waals surface area (Å²) in [7, 11) is 1.72. The van der Waals surface area contributed by atoms with Gasteiger partial charge in [0.1, 0.15) is 5.39 Å². The Balaban J connectivity index is 1.27. The molecule has 9 heteroatoms. The Morgan fingerprint density at radius 1 is 1.20 bits per heavy atom. The Morgan fingerprint density at radius 3 is 2.90 bits per heavy atom. The van der Waals surface area contributed by atoms with E-state index in [1.807, 2.05) is 18.2 Å². The minimum absolute atomic E-state index is 0.00454. The van der Waals surface area contributed by atoms with Gasteiger partial charge >= 0.3 is 0 Å². The highest BCUT2D eigenvalue weighted by atomic mass is 16.2. The number of amides is 2. The van der Waals surface area contributed by atoms with E-state index in [0.29, 0.717) is 17.6 Å². The zero-order valence-corrected chi connectivity index (χ0v) is 16.9. The molecule has 0 spiro atoms. The van der Waals surface area contributed by atoms with Crippen molar-refractivity contribution in [2.75, 3.05) is 18.0 Å². The van der Waals surface area contributed by atoms with Crippen molar-refractivity contribution in [2.24, 2.45) is 7.05 Å². The number of aromatic nitrogens is 4. The molecule has 30 heavy (non-hydrogen) atoms. The van der Waals surface area contributed by atoms with Crippen LogP contribution in [0.4, 0.5) is 5.69 Å². The van der Waals surface area contributed by atoms with Gasteiger partial charge in [-0.2, -0.15) is 5.10 Å². The molecule has 1 aliphatic heterocycles. The van der Waals surface area contributed by atoms with E-state index in [9.17, 15) is 14.4 Å². The third kappa shape index (κ3) is 3.96. The van der Waals surface area contributed by atoms with Crippen LogP contribution in [0.25, 0.3) is 11.0 Å². The second kappa shape index (κ2) is 8.48. The maximum Gasteiger partial charge on any atom is 0.264 e. The zero-order valence-electron chi connectivity index (χ0n) is 16.9. The second-order valence-corrected chi connectivity index (χ2v) is 7.38. The largest absolute Gasteiger partial charge is 0.356 e. The van der Waals surface area contributed by atoms with Crippen molar-refractivity contribution in [1.82, 2.24) is 24.6 Å². The molecular weight excluding hydrogens is 384 g/mol. The van der Waals surface area contributed by atoms with E-state index in [0.717, 1.165) is 18.5 Å². The Morgan fingerprint density at radius 2 is 2.03 bits per heavy atom. The third-order valence-electron chi connectivity index (χ3n) is 5.37. The lowest BCUT2D eigenvalue weighted by Gasteiger charge is -2.29. The van der Waals surface area contributed by atoms with Gasteiger partial charge in [0.2, 0.25) is 11.8 Å². The van der Waals surface area contributed by atoms with E-state index in [1.165, 1.54) is 27.3 Å². The zero-order chi connectivity index (χ0) is 21.1. The van der Waals surface area contributed by atoms with Crippen LogP contribution in [0.15, 0.2) is 41.6 Å². The highest BCUT2D eigenvalue weighted by molar-refractivity contribution is 5.94. The number of hydrogen-bond donors (Lipinski definition) is 1. The molecule has 9 nitrogen and oxygen atoms in total. The number of rotatable bonds is 6. The third-order valence-corrected chi connectivity index (χ3v) is 5.37. The number of aryl methyl sites for hydroxylation is 3. The summed E-state index contributed by atoms with van der Waals surface area (Å²) in [5.41, 5.74) is 2.45. The number of hydrogen-bond acceptors (Lipinski definition) is 5. The van der Waals surface area contributed by atoms with Gasteiger partial charge in [0.25, 0.3) is 5.56 Å². The van der Waals surface area contributed by atoms with Gasteiger partial charge in [-0.1, -0.05) is 18.2 Å². The molecule has 156 valence electrons. The van der Waals surface area contributed by atoms with Gasteiger partial charge in [-0.25, -0.2) is 4.98 Å². The van der Waals surface area contributed by atoms with Gasteiger partial charge in [-0.15, -0.1) is 0 Å². The molecule has 4 rings (SSSR count). The summed E-state index contributed by atoms with van der Waals surface area (Å²) in [6, 6.07) is 7.94. The summed E-state index contributed by atoms with van der Waals surface area (Å²) >= 11 is 0. The summed E-state index contributed by atoms with van der Waals surface area (Å²) in [5.74, 6) is -0.204. The average molecular weight is 408 g/mol. The molecule has 1 aliphatic rings. The molecule has 0 unspecified atom stereocenters. The Kier molecular flexibility index (Phi) is 5.60. The van der Waals surface area contributed by atoms with Gasteiger partial charge in [0, 0.05) is 45.2 Å². The molecule has 0 saturated heterocycles. The van der Waals surface area contributed by atoms with Gasteiger partial charge in [-0.3, -0.25) is 23.6 Å². The number of carbonyl (C=O) groups is 2. The topological polar surface area (TPSA) is 102 Å². The first-order chi connectivity index (χ1) is 14.5. The Labute approximate surface area is 173 Å². The summed E-state index contributed by atoms with van der Waals surface area (Å²) in [5, 5.41) is 7.22. The summed E-state index contributed by atoms with van der Waals surface area (Å²) in [4.78, 5) is 43.2. The van der Waals surface area contributed by atoms with Crippen molar-refractivity contribution in [3.63, 3.8) is 0 Å². The van der Waals surface area contributed by atoms with Gasteiger partial charge in [0.15, 0.2) is 5.65 Å². The second-order valence-electron chi connectivity index (χ2n) is 7.38. The molecule has 0 fully saturated rings. The molecule has 0 atom stereocenters. The van der Waals surface area contributed by atoms with Gasteiger partial charge in [-0.05, 0) is 24.5 Å². The van der Waals surface area contributed by atoms with Crippen LogP contribution >= 0.6 is 0 Å². The quantitative estimate of drug-likeness (QED) is 0.656. The van der Waals surface area contributed by atoms with Crippen LogP contribution in [0, 0.1) is 0 Å². The van der Waals surface area contributed by atoms with Crippen molar-refractivity contribution < 1.29 is 9.59 Å². The van der Waals surface area contributed by atoms with E-state index in [-0.39, 0.29) is 43.3 Å². The average Bonchev–Trinajstić information content (AvgIpc) is 3.14. The van der Waals surface area contributed by atoms with E-state index in [4.69, 9.17) is 0 Å². The Bertz CT molecular complexity index is 1150. The van der Waals surface area contributed by atoms with Crippen LogP contribution in [0.5, 0.6) is 0 Å². The molecule has 2 amide bonds. The summed E-state index contributed by atoms with van der Waals surface area (Å²) in [6.07, 6.45) is 5.20. The SMILES string of the molecule is Cn1ncc2c(=O)n(CCC(=O)NCCC(=O)N3CCCc4ccccc43)cnc21. The number of anilines is 1. The fraction of sp³-hybridized carbons (Fsp3) is 0.381. The predicted octanol–water partition coefficient (Wildman–Crippen LogP) is 1.01. The van der Waals surface area contributed by atoms with Crippen molar-refractivity contribution in [3.8, 4) is 0 Å². The lowest BCUT2D eigenvalue weighted by atomic mass is 10.0. The lowest BCUT2D eigenvalue weighted by Crippen LogP contribution is -2.38. The lowest BCUT2D eigenvalue weighted by molar-refractivity contribution is -0.121. The van der Waals surface area contributed by atoms with Crippen LogP contribution in [-0.2, 0) is 29.6 Å². The Hall–Kier alpha value is -3.49. The fourth-order valence-corrected chi connectivity index (χ4v) is 3.77. The summed E-state index contributed by atoms with van der Waals surface area (Å²) in [6.45, 7) is 1.19. The van der Waals surface area contributed by atoms with Crippen LogP contribution in [0.3, 0.4) is 0 Å². The monoisotopic (exact) mass is 408 g/mol. The maximum absolute atomic E-state index is 12.6. The van der Waals surface area contributed by atoms with Crippen molar-refractivity contribution in [3.05, 3.63) is 52.7 Å². The first-order valence-corrected chi connectivity index (χ1v) is 10.1. The van der Waals surface area contributed by atoms with Gasteiger partial charge in [0.05, 0.1) is 12.5 Å². The number of para-hydroxylation sites is 1. The minimum atomic E-state index is -0.222. The van der Waals surface area contributed by atoms with Crippen molar-refractivity contribution in [1.29, 1.82) is 0 Å². The highest BCUT2D eigenvalue weighted by Gasteiger charge is 2.21. The van der Waals surface area contributed by atoms with Crippen LogP contribution in [0.1, 0.15) is 24.8 Å². The van der Waals surface area contributed by atoms with Gasteiger partial charge < -0.3 is 10.2 Å². The first kappa shape index (κ1) is 19.8. The standard InChI is InChI=1S/C21H24N6O3/c1-25-20-16(13-24-25)21(30)26(14-23-20)12-9-18(28)22-10-8-19(29)27-11-4-6-15-5-2-3-7-17(15)27/h2-3,5,7,13-14H,4,6,8-12H2,1H3,(H,22,28). The molecule has 3 heterocycles. The van der Waals surface area contributed by atoms with E-state index >= 15 is 0 Å². The number of carbonyl (C=O) groups excluding carboxylic acids is 2. The predicted molar refractivity (Wildman–Crippen MR) is 112 cm³/mol. The van der Waals surface area contributed by atoms with Crippen LogP contribution in [0.2, 0.25) is 0 Å². The molecular formula is C21H24N6O3. The minimum Gasteiger partial charge on any atom is -0.356 e. The van der Waals surface area contributed by atoms with Crippen LogP contribution < -0.4 is 15.8 Å². The van der Waals surface area contributed by atoms with Crippen LogP contribution in [-0.4, -0.2) is 44.2 Å². The number of nitrogens with one attached hydrogen (secondary N) is 1. The maximum atomic E-state index is 12.6. The molecule has 1 N–H and O–H groups in total. The summed E-state index contributed by atoms with van der Waals surface area (Å²) < 4.78 is 2.94. The highest BCUT2D eigenvalue weighted by Crippen LogP contribution is 2.26. The molecule has 0 saturated carbocycles. The molecule has 0 radical (unpaired) electrons. The molecule has 0 aliphatic carbocycles. The van der Waals surface area contributed by atoms with Crippen molar-refractivity contribution in [2.45, 2.75) is 32.2 Å². The molecule has 1 aromatic carbocycles. The van der Waals surface area contributed by atoms with Crippen molar-refractivity contribution >= 4 is 28.5 Å². The molecule has 3 aromatic rings. The normalized spacial score (nSPS) is 13.3. The van der Waals surface area contributed by atoms with E-state index in [2.05, 4.69) is 21.5 Å². The first-order valence-electron chi connectivity index (χ1n) is 10.1. The number of fused-ring (bicyclic) bond motifs is 2. The smallest absolute Gasteiger partial charge is 0.264 e. The fourth-order valence-electron chi connectivity index (χ4n) is 3.77. The molecule has 0 bridgehead atoms.